The molecule has 1 unspecified atom stereocenters. The van der Waals surface area contributed by atoms with Crippen LogP contribution in [-0.4, -0.2) is 26.1 Å². The van der Waals surface area contributed by atoms with Crippen molar-refractivity contribution in [2.24, 2.45) is 5.73 Å². The molecule has 1 rings (SSSR count). The predicted molar refractivity (Wildman–Crippen MR) is 36.1 cm³/mol. The Kier molecular flexibility index (Phi) is 1.71. The molecule has 0 spiro atoms. The second-order valence-electron chi connectivity index (χ2n) is 2.06. The Morgan fingerprint density at radius 3 is 2.73 bits per heavy atom. The molecule has 1 heterocycles. The standard InChI is InChI=1S/C4H8N6O/c1-2(3(5)11)10-4(6)7-8-9-10/h2H,1H3,(H2,5,11)(H2,6,7,9). The van der Waals surface area contributed by atoms with Gasteiger partial charge in [-0.05, 0) is 17.4 Å². The highest BCUT2D eigenvalue weighted by Crippen LogP contribution is 2.04. The molecule has 4 N–H and O–H groups in total. The lowest BCUT2D eigenvalue weighted by atomic mass is 10.3. The fourth-order valence-corrected chi connectivity index (χ4v) is 0.597. The predicted octanol–water partition coefficient (Wildman–Crippen LogP) is -1.70. The van der Waals surface area contributed by atoms with Crippen molar-refractivity contribution in [1.29, 1.82) is 0 Å². The number of tetrazole rings is 1. The average molecular weight is 156 g/mol. The van der Waals surface area contributed by atoms with Crippen molar-refractivity contribution in [3.8, 4) is 0 Å². The molecular weight excluding hydrogens is 148 g/mol. The molecule has 1 amide bonds. The number of carbonyl (C=O) groups excluding carboxylic acids is 1. The molecule has 0 aliphatic rings. The molecule has 0 radical (unpaired) electrons. The molecule has 0 bridgehead atoms. The molecule has 60 valence electrons. The van der Waals surface area contributed by atoms with Gasteiger partial charge < -0.3 is 11.5 Å². The second-order valence-corrected chi connectivity index (χ2v) is 2.06. The molecule has 0 aliphatic heterocycles. The maximum atomic E-state index is 10.6. The Morgan fingerprint density at radius 1 is 1.73 bits per heavy atom. The van der Waals surface area contributed by atoms with Gasteiger partial charge in [0.2, 0.25) is 11.9 Å². The van der Waals surface area contributed by atoms with Gasteiger partial charge in [0.15, 0.2) is 0 Å². The van der Waals surface area contributed by atoms with Crippen molar-refractivity contribution in [3.05, 3.63) is 0 Å². The number of carbonyl (C=O) groups is 1. The summed E-state index contributed by atoms with van der Waals surface area (Å²) in [6.07, 6.45) is 0. The van der Waals surface area contributed by atoms with Crippen LogP contribution in [0.5, 0.6) is 0 Å². The van der Waals surface area contributed by atoms with E-state index in [1.165, 1.54) is 0 Å². The van der Waals surface area contributed by atoms with Crippen molar-refractivity contribution in [2.75, 3.05) is 5.73 Å². The van der Waals surface area contributed by atoms with Crippen LogP contribution in [0.2, 0.25) is 0 Å². The highest BCUT2D eigenvalue weighted by atomic mass is 16.1. The van der Waals surface area contributed by atoms with Crippen molar-refractivity contribution >= 4 is 11.9 Å². The molecular formula is C4H8N6O. The zero-order valence-electron chi connectivity index (χ0n) is 5.93. The van der Waals surface area contributed by atoms with Crippen LogP contribution in [0.4, 0.5) is 5.95 Å². The van der Waals surface area contributed by atoms with E-state index in [0.29, 0.717) is 0 Å². The third kappa shape index (κ3) is 1.26. The first-order chi connectivity index (χ1) is 5.13. The molecule has 1 aromatic rings. The first-order valence-electron chi connectivity index (χ1n) is 2.95. The minimum absolute atomic E-state index is 0.0799. The zero-order chi connectivity index (χ0) is 8.43. The quantitative estimate of drug-likeness (QED) is 0.530. The van der Waals surface area contributed by atoms with Crippen molar-refractivity contribution in [2.45, 2.75) is 13.0 Å². The van der Waals surface area contributed by atoms with E-state index in [1.54, 1.807) is 6.92 Å². The van der Waals surface area contributed by atoms with Gasteiger partial charge >= 0.3 is 0 Å². The summed E-state index contributed by atoms with van der Waals surface area (Å²) in [4.78, 5) is 10.6. The number of aromatic nitrogens is 4. The first kappa shape index (κ1) is 7.45. The van der Waals surface area contributed by atoms with Crippen molar-refractivity contribution in [1.82, 2.24) is 20.2 Å². The topological polar surface area (TPSA) is 113 Å². The highest BCUT2D eigenvalue weighted by molar-refractivity contribution is 5.78. The molecule has 0 aliphatic carbocycles. The van der Waals surface area contributed by atoms with Crippen LogP contribution in [0.3, 0.4) is 0 Å². The summed E-state index contributed by atoms with van der Waals surface area (Å²) in [5.74, 6) is -0.444. The molecule has 1 aromatic heterocycles. The number of nitrogens with two attached hydrogens (primary N) is 2. The molecule has 11 heavy (non-hydrogen) atoms. The fourth-order valence-electron chi connectivity index (χ4n) is 0.597. The minimum Gasteiger partial charge on any atom is -0.368 e. The van der Waals surface area contributed by atoms with E-state index < -0.39 is 11.9 Å². The highest BCUT2D eigenvalue weighted by Gasteiger charge is 2.14. The number of primary amides is 1. The lowest BCUT2D eigenvalue weighted by molar-refractivity contribution is -0.120. The molecule has 7 heteroatoms. The van der Waals surface area contributed by atoms with E-state index in [4.69, 9.17) is 11.5 Å². The molecule has 0 saturated heterocycles. The number of nitrogen functional groups attached to an aromatic ring is 1. The summed E-state index contributed by atoms with van der Waals surface area (Å²) >= 11 is 0. The van der Waals surface area contributed by atoms with Gasteiger partial charge in [0.1, 0.15) is 6.04 Å². The van der Waals surface area contributed by atoms with Crippen LogP contribution in [0.15, 0.2) is 0 Å². The maximum absolute atomic E-state index is 10.6. The Bertz CT molecular complexity index is 267. The Balaban J connectivity index is 2.92. The Labute approximate surface area is 62.4 Å². The molecule has 0 aromatic carbocycles. The summed E-state index contributed by atoms with van der Waals surface area (Å²) < 4.78 is 1.16. The van der Waals surface area contributed by atoms with Crippen LogP contribution in [0, 0.1) is 0 Å². The van der Waals surface area contributed by atoms with E-state index in [0.717, 1.165) is 4.68 Å². The SMILES string of the molecule is CC(C(N)=O)n1nnnc1N. The van der Waals surface area contributed by atoms with E-state index in [2.05, 4.69) is 15.5 Å². The first-order valence-corrected chi connectivity index (χ1v) is 2.95. The molecule has 0 fully saturated rings. The van der Waals surface area contributed by atoms with Crippen molar-refractivity contribution in [3.63, 3.8) is 0 Å². The van der Waals surface area contributed by atoms with Gasteiger partial charge in [0, 0.05) is 0 Å². The van der Waals surface area contributed by atoms with Crippen LogP contribution in [0.1, 0.15) is 13.0 Å². The van der Waals surface area contributed by atoms with Gasteiger partial charge in [-0.2, -0.15) is 4.68 Å². The lowest BCUT2D eigenvalue weighted by Crippen LogP contribution is -2.25. The number of rotatable bonds is 2. The number of nitrogens with zero attached hydrogens (tertiary/aromatic N) is 4. The van der Waals surface area contributed by atoms with Crippen LogP contribution in [0.25, 0.3) is 0 Å². The van der Waals surface area contributed by atoms with E-state index in [-0.39, 0.29) is 5.95 Å². The van der Waals surface area contributed by atoms with E-state index in [1.807, 2.05) is 0 Å². The number of anilines is 1. The summed E-state index contributed by atoms with van der Waals surface area (Å²) in [6.45, 7) is 1.56. The maximum Gasteiger partial charge on any atom is 0.242 e. The molecule has 0 saturated carbocycles. The Hall–Kier alpha value is -1.66. The summed E-state index contributed by atoms with van der Waals surface area (Å²) in [5, 5.41) is 10.1. The van der Waals surface area contributed by atoms with Crippen molar-refractivity contribution < 1.29 is 4.79 Å². The minimum atomic E-state index is -0.606. The van der Waals surface area contributed by atoms with E-state index in [9.17, 15) is 4.79 Å². The van der Waals surface area contributed by atoms with E-state index >= 15 is 0 Å². The number of hydrogen-bond donors (Lipinski definition) is 2. The largest absolute Gasteiger partial charge is 0.368 e. The Morgan fingerprint density at radius 2 is 2.36 bits per heavy atom. The summed E-state index contributed by atoms with van der Waals surface area (Å²) in [6, 6.07) is -0.606. The third-order valence-corrected chi connectivity index (χ3v) is 1.30. The zero-order valence-corrected chi connectivity index (χ0v) is 5.93. The third-order valence-electron chi connectivity index (χ3n) is 1.30. The average Bonchev–Trinajstić information content (AvgIpc) is 2.33. The van der Waals surface area contributed by atoms with Gasteiger partial charge in [-0.3, -0.25) is 4.79 Å². The van der Waals surface area contributed by atoms with Crippen LogP contribution >= 0.6 is 0 Å². The monoisotopic (exact) mass is 156 g/mol. The normalized spacial score (nSPS) is 12.8. The molecule has 7 nitrogen and oxygen atoms in total. The number of hydrogen-bond acceptors (Lipinski definition) is 5. The fraction of sp³-hybridized carbons (Fsp3) is 0.500. The van der Waals surface area contributed by atoms with Gasteiger partial charge in [0.25, 0.3) is 0 Å². The van der Waals surface area contributed by atoms with Crippen LogP contribution in [-0.2, 0) is 4.79 Å². The second kappa shape index (κ2) is 2.52. The van der Waals surface area contributed by atoms with Gasteiger partial charge in [-0.25, -0.2) is 0 Å². The lowest BCUT2D eigenvalue weighted by Gasteiger charge is -2.05. The smallest absolute Gasteiger partial charge is 0.242 e. The van der Waals surface area contributed by atoms with Gasteiger partial charge in [0.05, 0.1) is 0 Å². The van der Waals surface area contributed by atoms with Crippen LogP contribution < -0.4 is 11.5 Å². The number of amides is 1. The summed E-state index contributed by atoms with van der Waals surface area (Å²) in [7, 11) is 0. The van der Waals surface area contributed by atoms with Gasteiger partial charge in [-0.15, -0.1) is 0 Å². The summed E-state index contributed by atoms with van der Waals surface area (Å²) in [5.41, 5.74) is 10.3. The van der Waals surface area contributed by atoms with Gasteiger partial charge in [-0.1, -0.05) is 5.10 Å². The molecule has 1 atom stereocenters.